The number of nitrogens with one attached hydrogen (secondary N) is 4. The van der Waals surface area contributed by atoms with E-state index >= 15 is 0 Å². The standard InChI is InChI=1S/C29H44FN7O5/c1-5-20-25(40)36-22(15-18-9-6-7-10-19(18)30)24(39)33-14-12-29(4,16-23(38)17(2)3)27(42)37-21(26(41)35-20)11-8-13-34-28(31)32/h6-7,9-10,17,20-22H,5,8,11-16H2,1-4H3,(H,33,39)(H,35,41)(H,36,40)(H,37,42)(H4,31,32,34)/t20-,21-,22+,29-/m0/s1. The lowest BCUT2D eigenvalue weighted by Crippen LogP contribution is -2.59. The van der Waals surface area contributed by atoms with Gasteiger partial charge in [-0.15, -0.1) is 0 Å². The van der Waals surface area contributed by atoms with Gasteiger partial charge in [-0.1, -0.05) is 45.9 Å². The van der Waals surface area contributed by atoms with Crippen molar-refractivity contribution in [1.82, 2.24) is 21.3 Å². The molecule has 4 atom stereocenters. The van der Waals surface area contributed by atoms with Gasteiger partial charge in [0.15, 0.2) is 5.96 Å². The normalized spacial score (nSPS) is 24.1. The molecule has 4 amide bonds. The Morgan fingerprint density at radius 2 is 1.67 bits per heavy atom. The van der Waals surface area contributed by atoms with Crippen LogP contribution in [0, 0.1) is 17.2 Å². The third-order valence-electron chi connectivity index (χ3n) is 7.36. The second kappa shape index (κ2) is 15.8. The number of halogens is 1. The van der Waals surface area contributed by atoms with Gasteiger partial charge in [0.2, 0.25) is 23.6 Å². The first-order chi connectivity index (χ1) is 19.8. The lowest BCUT2D eigenvalue weighted by Gasteiger charge is -2.32. The number of guanidine groups is 1. The summed E-state index contributed by atoms with van der Waals surface area (Å²) in [6.07, 6.45) is 0.520. The first-order valence-electron chi connectivity index (χ1n) is 14.3. The molecular formula is C29H44FN7O5. The number of nitrogens with zero attached hydrogens (tertiary/aromatic N) is 1. The van der Waals surface area contributed by atoms with Gasteiger partial charge in [-0.05, 0) is 37.3 Å². The van der Waals surface area contributed by atoms with Crippen molar-refractivity contribution in [3.05, 3.63) is 35.6 Å². The van der Waals surface area contributed by atoms with Gasteiger partial charge in [0.1, 0.15) is 29.7 Å². The number of Topliss-reactive ketones (excluding diaryl/α,β-unsaturated/α-hetero) is 1. The highest BCUT2D eigenvalue weighted by atomic mass is 19.1. The number of amides is 4. The minimum Gasteiger partial charge on any atom is -0.370 e. The van der Waals surface area contributed by atoms with Crippen LogP contribution >= 0.6 is 0 Å². The summed E-state index contributed by atoms with van der Waals surface area (Å²) < 4.78 is 14.5. The second-order valence-corrected chi connectivity index (χ2v) is 11.2. The van der Waals surface area contributed by atoms with E-state index in [2.05, 4.69) is 26.3 Å². The van der Waals surface area contributed by atoms with Gasteiger partial charge >= 0.3 is 0 Å². The second-order valence-electron chi connectivity index (χ2n) is 11.2. The maximum atomic E-state index is 14.5. The van der Waals surface area contributed by atoms with Crippen molar-refractivity contribution < 1.29 is 28.4 Å². The van der Waals surface area contributed by atoms with Crippen LogP contribution in [-0.4, -0.2) is 66.6 Å². The van der Waals surface area contributed by atoms with E-state index < -0.39 is 53.0 Å². The van der Waals surface area contributed by atoms with E-state index in [0.29, 0.717) is 6.42 Å². The molecule has 42 heavy (non-hydrogen) atoms. The highest BCUT2D eigenvalue weighted by molar-refractivity contribution is 5.96. The van der Waals surface area contributed by atoms with Crippen LogP contribution in [0.1, 0.15) is 65.4 Å². The largest absolute Gasteiger partial charge is 0.370 e. The fourth-order valence-corrected chi connectivity index (χ4v) is 4.55. The van der Waals surface area contributed by atoms with E-state index in [4.69, 9.17) is 11.5 Å². The first kappa shape index (κ1) is 34.2. The van der Waals surface area contributed by atoms with Crippen LogP contribution in [0.15, 0.2) is 29.3 Å². The number of nitrogens with two attached hydrogens (primary N) is 2. The summed E-state index contributed by atoms with van der Waals surface area (Å²) in [7, 11) is 0. The highest BCUT2D eigenvalue weighted by Crippen LogP contribution is 2.28. The zero-order chi connectivity index (χ0) is 31.4. The molecule has 1 aliphatic rings. The van der Waals surface area contributed by atoms with E-state index in [1.807, 2.05) is 0 Å². The number of ketones is 1. The lowest BCUT2D eigenvalue weighted by atomic mass is 9.78. The minimum atomic E-state index is -1.26. The Kier molecular flexibility index (Phi) is 12.9. The van der Waals surface area contributed by atoms with Crippen molar-refractivity contribution in [2.75, 3.05) is 13.1 Å². The molecule has 232 valence electrons. The molecule has 0 spiro atoms. The molecule has 13 heteroatoms. The summed E-state index contributed by atoms with van der Waals surface area (Å²) in [5, 5.41) is 10.8. The maximum Gasteiger partial charge on any atom is 0.243 e. The molecule has 0 bridgehead atoms. The predicted molar refractivity (Wildman–Crippen MR) is 156 cm³/mol. The molecule has 0 saturated carbocycles. The average molecular weight is 590 g/mol. The van der Waals surface area contributed by atoms with E-state index in [9.17, 15) is 28.4 Å². The number of hydrogen-bond donors (Lipinski definition) is 6. The van der Waals surface area contributed by atoms with Gasteiger partial charge in [0, 0.05) is 31.8 Å². The maximum absolute atomic E-state index is 14.5. The SMILES string of the molecule is CC[C@@H]1NC(=O)[C@H](CCCN=C(N)N)NC(=O)[C@](C)(CC(=O)C(C)C)CCNC(=O)[C@@H](Cc2ccccc2F)NC1=O. The Hall–Kier alpha value is -4.03. The van der Waals surface area contributed by atoms with Crippen LogP contribution in [-0.2, 0) is 30.4 Å². The zero-order valence-corrected chi connectivity index (χ0v) is 24.8. The Morgan fingerprint density at radius 1 is 1.02 bits per heavy atom. The number of rotatable bonds is 10. The van der Waals surface area contributed by atoms with Crippen LogP contribution in [0.5, 0.6) is 0 Å². The molecule has 1 saturated heterocycles. The van der Waals surface area contributed by atoms with Gasteiger partial charge < -0.3 is 32.7 Å². The minimum absolute atomic E-state index is 0.00364. The Morgan fingerprint density at radius 3 is 2.29 bits per heavy atom. The van der Waals surface area contributed by atoms with E-state index in [1.54, 1.807) is 33.8 Å². The molecule has 1 aromatic rings. The predicted octanol–water partition coefficient (Wildman–Crippen LogP) is 0.428. The first-order valence-corrected chi connectivity index (χ1v) is 14.3. The summed E-state index contributed by atoms with van der Waals surface area (Å²) in [6.45, 7) is 6.97. The van der Waals surface area contributed by atoms with E-state index in [0.717, 1.165) is 0 Å². The molecule has 1 fully saturated rings. The van der Waals surface area contributed by atoms with Crippen LogP contribution < -0.4 is 32.7 Å². The van der Waals surface area contributed by atoms with Crippen LogP contribution in [0.25, 0.3) is 0 Å². The number of carbonyl (C=O) groups excluding carboxylic acids is 5. The monoisotopic (exact) mass is 589 g/mol. The molecular weight excluding hydrogens is 545 g/mol. The zero-order valence-electron chi connectivity index (χ0n) is 24.8. The van der Waals surface area contributed by atoms with Crippen LogP contribution in [0.2, 0.25) is 0 Å². The molecule has 0 radical (unpaired) electrons. The summed E-state index contributed by atoms with van der Waals surface area (Å²) in [5.74, 6) is -3.47. The molecule has 1 aromatic carbocycles. The molecule has 8 N–H and O–H groups in total. The van der Waals surface area contributed by atoms with Gasteiger partial charge in [-0.3, -0.25) is 29.0 Å². The van der Waals surface area contributed by atoms with Gasteiger partial charge in [-0.25, -0.2) is 4.39 Å². The van der Waals surface area contributed by atoms with E-state index in [1.165, 1.54) is 18.2 Å². The Bertz CT molecular complexity index is 1170. The smallest absolute Gasteiger partial charge is 0.243 e. The molecule has 0 unspecified atom stereocenters. The summed E-state index contributed by atoms with van der Waals surface area (Å²) in [5.41, 5.74) is 9.75. The summed E-state index contributed by atoms with van der Waals surface area (Å²) >= 11 is 0. The molecule has 0 aliphatic carbocycles. The summed E-state index contributed by atoms with van der Waals surface area (Å²) in [6, 6.07) is 2.68. The Labute approximate surface area is 246 Å². The van der Waals surface area contributed by atoms with Gasteiger partial charge in [-0.2, -0.15) is 0 Å². The van der Waals surface area contributed by atoms with Crippen LogP contribution in [0.3, 0.4) is 0 Å². The molecule has 2 rings (SSSR count). The number of hydrogen-bond acceptors (Lipinski definition) is 6. The van der Waals surface area contributed by atoms with Crippen LogP contribution in [0.4, 0.5) is 4.39 Å². The fraction of sp³-hybridized carbons (Fsp3) is 0.586. The number of carbonyl (C=O) groups is 5. The Balaban J connectivity index is 2.44. The van der Waals surface area contributed by atoms with E-state index in [-0.39, 0.29) is 68.4 Å². The summed E-state index contributed by atoms with van der Waals surface area (Å²) in [4.78, 5) is 70.2. The third-order valence-corrected chi connectivity index (χ3v) is 7.36. The van der Waals surface area contributed by atoms with Crippen molar-refractivity contribution in [2.45, 2.75) is 84.3 Å². The lowest BCUT2D eigenvalue weighted by molar-refractivity contribution is -0.139. The highest BCUT2D eigenvalue weighted by Gasteiger charge is 2.39. The van der Waals surface area contributed by atoms with Crippen molar-refractivity contribution in [2.24, 2.45) is 27.8 Å². The molecule has 12 nitrogen and oxygen atoms in total. The third kappa shape index (κ3) is 10.1. The van der Waals surface area contributed by atoms with Crippen molar-refractivity contribution >= 4 is 35.4 Å². The molecule has 1 aliphatic heterocycles. The number of benzene rings is 1. The van der Waals surface area contributed by atoms with Gasteiger partial charge in [0.05, 0.1) is 5.41 Å². The van der Waals surface area contributed by atoms with Crippen molar-refractivity contribution in [1.29, 1.82) is 0 Å². The average Bonchev–Trinajstić information content (AvgIpc) is 2.92. The van der Waals surface area contributed by atoms with Gasteiger partial charge in [0.25, 0.3) is 0 Å². The van der Waals surface area contributed by atoms with Crippen molar-refractivity contribution in [3.8, 4) is 0 Å². The fourth-order valence-electron chi connectivity index (χ4n) is 4.55. The molecule has 0 aromatic heterocycles. The quantitative estimate of drug-likeness (QED) is 0.129. The number of aliphatic imine (C=N–C) groups is 1. The topological polar surface area (TPSA) is 198 Å². The molecule has 1 heterocycles. The van der Waals surface area contributed by atoms with Crippen molar-refractivity contribution in [3.63, 3.8) is 0 Å².